The molecule has 3 heterocycles. The first-order valence-corrected chi connectivity index (χ1v) is 10.2. The predicted octanol–water partition coefficient (Wildman–Crippen LogP) is 1.76. The van der Waals surface area contributed by atoms with Gasteiger partial charge in [-0.25, -0.2) is 0 Å². The van der Waals surface area contributed by atoms with Crippen LogP contribution in [0.1, 0.15) is 39.0 Å². The maximum absolute atomic E-state index is 12.7. The summed E-state index contributed by atoms with van der Waals surface area (Å²) in [5, 5.41) is 0. The third kappa shape index (κ3) is 2.65. The van der Waals surface area contributed by atoms with Crippen molar-refractivity contribution in [1.82, 2.24) is 9.80 Å². The van der Waals surface area contributed by atoms with Gasteiger partial charge in [0.05, 0.1) is 18.1 Å². The lowest BCUT2D eigenvalue weighted by Crippen LogP contribution is -2.52. The summed E-state index contributed by atoms with van der Waals surface area (Å²) >= 11 is 0. The van der Waals surface area contributed by atoms with Gasteiger partial charge < -0.3 is 14.4 Å². The van der Waals surface area contributed by atoms with Crippen LogP contribution in [0.4, 0.5) is 0 Å². The lowest BCUT2D eigenvalue weighted by atomic mass is 9.53. The number of carbonyl (C=O) groups excluding carboxylic acids is 1. The third-order valence-corrected chi connectivity index (χ3v) is 8.13. The highest BCUT2D eigenvalue weighted by molar-refractivity contribution is 5.75. The van der Waals surface area contributed by atoms with Crippen LogP contribution in [0.25, 0.3) is 0 Å². The standard InChI is InChI=1S/C20H32N2O3/c1-19-4-3-5-20(13-24-20)17(19)10-14-15(18(23)25-16(14)11-19)12-22-8-6-21(2)7-9-22/h14-17H,3-13H2,1-2H3/t14-,15-,16-,17+,19-,20+/m1/s1. The molecule has 1 spiro atoms. The molecule has 5 fully saturated rings. The number of fused-ring (bicyclic) bond motifs is 3. The molecule has 3 saturated heterocycles. The van der Waals surface area contributed by atoms with E-state index in [9.17, 15) is 4.79 Å². The molecule has 0 bridgehead atoms. The van der Waals surface area contributed by atoms with E-state index in [0.29, 0.717) is 17.3 Å². The summed E-state index contributed by atoms with van der Waals surface area (Å²) < 4.78 is 11.9. The quantitative estimate of drug-likeness (QED) is 0.562. The van der Waals surface area contributed by atoms with Crippen molar-refractivity contribution in [2.45, 2.75) is 50.7 Å². The number of rotatable bonds is 2. The van der Waals surface area contributed by atoms with Crippen LogP contribution in [0.15, 0.2) is 0 Å². The first-order chi connectivity index (χ1) is 12.0. The largest absolute Gasteiger partial charge is 0.462 e. The van der Waals surface area contributed by atoms with Gasteiger partial charge in [0.2, 0.25) is 0 Å². The van der Waals surface area contributed by atoms with E-state index in [1.54, 1.807) is 0 Å². The molecule has 5 heteroatoms. The second-order valence-electron chi connectivity index (χ2n) is 9.70. The number of esters is 1. The molecule has 25 heavy (non-hydrogen) atoms. The average molecular weight is 348 g/mol. The molecular weight excluding hydrogens is 316 g/mol. The van der Waals surface area contributed by atoms with Gasteiger partial charge in [-0.05, 0) is 50.5 Å². The van der Waals surface area contributed by atoms with E-state index in [-0.39, 0.29) is 23.6 Å². The first-order valence-electron chi connectivity index (χ1n) is 10.2. The van der Waals surface area contributed by atoms with Crippen molar-refractivity contribution >= 4 is 5.97 Å². The van der Waals surface area contributed by atoms with Crippen molar-refractivity contribution in [1.29, 1.82) is 0 Å². The van der Waals surface area contributed by atoms with Crippen LogP contribution < -0.4 is 0 Å². The second-order valence-corrected chi connectivity index (χ2v) is 9.70. The molecule has 6 atom stereocenters. The fraction of sp³-hybridized carbons (Fsp3) is 0.950. The monoisotopic (exact) mass is 348 g/mol. The maximum atomic E-state index is 12.7. The van der Waals surface area contributed by atoms with Crippen LogP contribution in [-0.2, 0) is 14.3 Å². The molecule has 0 amide bonds. The predicted molar refractivity (Wildman–Crippen MR) is 94.2 cm³/mol. The molecule has 5 aliphatic rings. The van der Waals surface area contributed by atoms with Crippen molar-refractivity contribution in [3.05, 3.63) is 0 Å². The van der Waals surface area contributed by atoms with Crippen molar-refractivity contribution in [2.24, 2.45) is 23.2 Å². The summed E-state index contributed by atoms with van der Waals surface area (Å²) in [6, 6.07) is 0. The van der Waals surface area contributed by atoms with E-state index in [4.69, 9.17) is 9.47 Å². The first kappa shape index (κ1) is 16.5. The topological polar surface area (TPSA) is 45.3 Å². The van der Waals surface area contributed by atoms with E-state index in [1.807, 2.05) is 0 Å². The van der Waals surface area contributed by atoms with Gasteiger partial charge in [-0.2, -0.15) is 0 Å². The summed E-state index contributed by atoms with van der Waals surface area (Å²) in [5.41, 5.74) is 0.459. The zero-order chi connectivity index (χ0) is 17.2. The molecule has 0 unspecified atom stereocenters. The van der Waals surface area contributed by atoms with E-state index >= 15 is 0 Å². The van der Waals surface area contributed by atoms with Gasteiger partial charge >= 0.3 is 5.97 Å². The van der Waals surface area contributed by atoms with Crippen molar-refractivity contribution in [2.75, 3.05) is 46.4 Å². The molecule has 2 aliphatic carbocycles. The number of hydrogen-bond donors (Lipinski definition) is 0. The molecule has 0 aromatic heterocycles. The Kier molecular flexibility index (Phi) is 3.75. The Morgan fingerprint density at radius 3 is 2.68 bits per heavy atom. The molecule has 0 aromatic carbocycles. The molecule has 0 radical (unpaired) electrons. The SMILES string of the molecule is CN1CCN(C[C@H]2C(=O)O[C@@H]3C[C@@]4(C)CCC[C@]5(CO5)[C@H]4C[C@@H]32)CC1. The smallest absolute Gasteiger partial charge is 0.310 e. The van der Waals surface area contributed by atoms with E-state index < -0.39 is 0 Å². The molecule has 3 aliphatic heterocycles. The summed E-state index contributed by atoms with van der Waals surface area (Å²) in [7, 11) is 2.18. The molecular formula is C20H32N2O3. The maximum Gasteiger partial charge on any atom is 0.310 e. The Hall–Kier alpha value is -0.650. The summed E-state index contributed by atoms with van der Waals surface area (Å²) in [5.74, 6) is 1.18. The van der Waals surface area contributed by atoms with E-state index in [2.05, 4.69) is 23.8 Å². The minimum atomic E-state index is 0.0712. The average Bonchev–Trinajstić information content (AvgIpc) is 3.28. The molecule has 5 nitrogen and oxygen atoms in total. The normalized spacial score (nSPS) is 50.4. The lowest BCUT2D eigenvalue weighted by molar-refractivity contribution is -0.147. The van der Waals surface area contributed by atoms with Gasteiger partial charge in [-0.3, -0.25) is 9.69 Å². The van der Waals surface area contributed by atoms with Gasteiger partial charge in [0.25, 0.3) is 0 Å². The highest BCUT2D eigenvalue weighted by Crippen LogP contribution is 2.62. The number of likely N-dealkylation sites (N-methyl/N-ethyl adjacent to an activating group) is 1. The molecule has 0 aromatic rings. The van der Waals surface area contributed by atoms with Crippen LogP contribution in [0, 0.1) is 23.2 Å². The van der Waals surface area contributed by atoms with E-state index in [0.717, 1.165) is 52.2 Å². The van der Waals surface area contributed by atoms with Gasteiger partial charge in [-0.1, -0.05) is 6.92 Å². The number of carbonyl (C=O) groups is 1. The molecule has 5 rings (SSSR count). The zero-order valence-electron chi connectivity index (χ0n) is 15.7. The minimum Gasteiger partial charge on any atom is -0.462 e. The Bertz CT molecular complexity index is 555. The van der Waals surface area contributed by atoms with E-state index in [1.165, 1.54) is 19.3 Å². The number of nitrogens with zero attached hydrogens (tertiary/aromatic N) is 2. The number of hydrogen-bond acceptors (Lipinski definition) is 5. The Labute approximate surface area is 151 Å². The fourth-order valence-corrected chi connectivity index (χ4v) is 6.47. The van der Waals surface area contributed by atoms with Crippen LogP contribution in [0.3, 0.4) is 0 Å². The molecule has 2 saturated carbocycles. The van der Waals surface area contributed by atoms with Crippen molar-refractivity contribution < 1.29 is 14.3 Å². The highest BCUT2D eigenvalue weighted by atomic mass is 16.6. The highest BCUT2D eigenvalue weighted by Gasteiger charge is 2.65. The Morgan fingerprint density at radius 2 is 1.96 bits per heavy atom. The lowest BCUT2D eigenvalue weighted by Gasteiger charge is -2.51. The van der Waals surface area contributed by atoms with Crippen molar-refractivity contribution in [3.8, 4) is 0 Å². The Balaban J connectivity index is 1.33. The number of piperazine rings is 1. The van der Waals surface area contributed by atoms with Gasteiger partial charge in [0, 0.05) is 38.6 Å². The van der Waals surface area contributed by atoms with Gasteiger partial charge in [-0.15, -0.1) is 0 Å². The summed E-state index contributed by atoms with van der Waals surface area (Å²) in [6.45, 7) is 8.63. The van der Waals surface area contributed by atoms with Crippen LogP contribution in [0.2, 0.25) is 0 Å². The summed E-state index contributed by atoms with van der Waals surface area (Å²) in [6.07, 6.45) is 6.10. The second kappa shape index (κ2) is 5.67. The minimum absolute atomic E-state index is 0.0712. The molecule has 140 valence electrons. The molecule has 0 N–H and O–H groups in total. The summed E-state index contributed by atoms with van der Waals surface area (Å²) in [4.78, 5) is 17.5. The van der Waals surface area contributed by atoms with Crippen LogP contribution >= 0.6 is 0 Å². The van der Waals surface area contributed by atoms with Gasteiger partial charge in [0.15, 0.2) is 0 Å². The fourth-order valence-electron chi connectivity index (χ4n) is 6.47. The number of epoxide rings is 1. The third-order valence-electron chi connectivity index (χ3n) is 8.13. The van der Waals surface area contributed by atoms with Crippen LogP contribution in [-0.4, -0.2) is 73.9 Å². The zero-order valence-corrected chi connectivity index (χ0v) is 15.7. The van der Waals surface area contributed by atoms with Crippen molar-refractivity contribution in [3.63, 3.8) is 0 Å². The number of ether oxygens (including phenoxy) is 2. The van der Waals surface area contributed by atoms with Gasteiger partial charge in [0.1, 0.15) is 6.10 Å². The van der Waals surface area contributed by atoms with Crippen LogP contribution in [0.5, 0.6) is 0 Å². The Morgan fingerprint density at radius 1 is 1.20 bits per heavy atom.